The normalized spacial score (nSPS) is 40.0. The average Bonchev–Trinajstić information content (AvgIpc) is 3.24. The Morgan fingerprint density at radius 2 is 1.14 bits per heavy atom. The van der Waals surface area contributed by atoms with Crippen LogP contribution in [0, 0.1) is 17.3 Å². The van der Waals surface area contributed by atoms with Gasteiger partial charge in [-0.05, 0) is 83.5 Å². The summed E-state index contributed by atoms with van der Waals surface area (Å²) in [6.07, 6.45) is 14.0. The summed E-state index contributed by atoms with van der Waals surface area (Å²) in [5.74, 6) is -1.04. The van der Waals surface area contributed by atoms with E-state index in [1.165, 1.54) is 18.6 Å². The second-order valence-electron chi connectivity index (χ2n) is 14.6. The SMILES string of the molecule is C=CC(=O)OC1C(C)(OC)CC(C2CCC(OC3(OC4CCCCC4)CCC(C)(C)C3OC(=O)C=C)CC2)CC1(C)OC. The fourth-order valence-electron chi connectivity index (χ4n) is 8.56. The number of carbonyl (C=O) groups is 2. The molecule has 8 nitrogen and oxygen atoms in total. The third kappa shape index (κ3) is 7.40. The maximum Gasteiger partial charge on any atom is 0.330 e. The predicted octanol–water partition coefficient (Wildman–Crippen LogP) is 6.84. The van der Waals surface area contributed by atoms with E-state index >= 15 is 0 Å². The first-order valence-corrected chi connectivity index (χ1v) is 16.5. The lowest BCUT2D eigenvalue weighted by Crippen LogP contribution is -2.63. The lowest BCUT2D eigenvalue weighted by atomic mass is 9.62. The Morgan fingerprint density at radius 3 is 1.63 bits per heavy atom. The molecule has 4 atom stereocenters. The minimum atomic E-state index is -0.946. The smallest absolute Gasteiger partial charge is 0.330 e. The molecule has 4 aliphatic rings. The van der Waals surface area contributed by atoms with E-state index in [9.17, 15) is 9.59 Å². The molecule has 0 N–H and O–H groups in total. The maximum atomic E-state index is 12.5. The molecule has 244 valence electrons. The molecule has 0 spiro atoms. The van der Waals surface area contributed by atoms with Crippen molar-refractivity contribution in [1.29, 1.82) is 0 Å². The van der Waals surface area contributed by atoms with Crippen LogP contribution in [0.5, 0.6) is 0 Å². The van der Waals surface area contributed by atoms with Gasteiger partial charge < -0.3 is 28.4 Å². The van der Waals surface area contributed by atoms with Crippen molar-refractivity contribution in [3.8, 4) is 0 Å². The van der Waals surface area contributed by atoms with Gasteiger partial charge in [0.2, 0.25) is 5.79 Å². The fraction of sp³-hybridized carbons (Fsp3) is 0.829. The number of esters is 2. The van der Waals surface area contributed by atoms with Crippen LogP contribution in [-0.2, 0) is 38.0 Å². The van der Waals surface area contributed by atoms with Crippen LogP contribution < -0.4 is 0 Å². The summed E-state index contributed by atoms with van der Waals surface area (Å²) in [7, 11) is 3.37. The maximum absolute atomic E-state index is 12.5. The zero-order valence-electron chi connectivity index (χ0n) is 27.5. The van der Waals surface area contributed by atoms with E-state index in [1.54, 1.807) is 14.2 Å². The third-order valence-corrected chi connectivity index (χ3v) is 11.1. The average molecular weight is 605 g/mol. The van der Waals surface area contributed by atoms with Gasteiger partial charge in [-0.3, -0.25) is 0 Å². The van der Waals surface area contributed by atoms with Gasteiger partial charge in [-0.2, -0.15) is 0 Å². The van der Waals surface area contributed by atoms with Crippen LogP contribution >= 0.6 is 0 Å². The van der Waals surface area contributed by atoms with Gasteiger partial charge in [0.1, 0.15) is 11.2 Å². The highest BCUT2D eigenvalue weighted by Gasteiger charge is 2.60. The molecule has 0 saturated heterocycles. The van der Waals surface area contributed by atoms with E-state index in [1.807, 2.05) is 13.8 Å². The monoisotopic (exact) mass is 604 g/mol. The highest BCUT2D eigenvalue weighted by molar-refractivity contribution is 5.81. The van der Waals surface area contributed by atoms with Gasteiger partial charge in [-0.15, -0.1) is 0 Å². The minimum Gasteiger partial charge on any atom is -0.453 e. The van der Waals surface area contributed by atoms with Crippen molar-refractivity contribution in [2.45, 2.75) is 153 Å². The molecule has 0 bridgehead atoms. The van der Waals surface area contributed by atoms with E-state index in [4.69, 9.17) is 28.4 Å². The van der Waals surface area contributed by atoms with Gasteiger partial charge in [0.25, 0.3) is 0 Å². The van der Waals surface area contributed by atoms with Crippen molar-refractivity contribution >= 4 is 11.9 Å². The largest absolute Gasteiger partial charge is 0.453 e. The van der Waals surface area contributed by atoms with Crippen LogP contribution in [-0.4, -0.2) is 67.6 Å². The molecular weight excluding hydrogens is 548 g/mol. The van der Waals surface area contributed by atoms with Crippen molar-refractivity contribution in [3.05, 3.63) is 25.3 Å². The molecule has 8 heteroatoms. The molecule has 0 radical (unpaired) electrons. The molecule has 4 rings (SSSR count). The second-order valence-corrected chi connectivity index (χ2v) is 14.6. The van der Waals surface area contributed by atoms with E-state index in [-0.39, 0.29) is 17.6 Å². The van der Waals surface area contributed by atoms with Crippen molar-refractivity contribution in [1.82, 2.24) is 0 Å². The Kier molecular flexibility index (Phi) is 10.9. The number of methoxy groups -OCH3 is 2. The molecule has 0 aromatic heterocycles. The summed E-state index contributed by atoms with van der Waals surface area (Å²) in [5.41, 5.74) is -1.64. The summed E-state index contributed by atoms with van der Waals surface area (Å²) in [4.78, 5) is 24.7. The molecule has 4 saturated carbocycles. The van der Waals surface area contributed by atoms with Crippen LogP contribution in [0.15, 0.2) is 25.3 Å². The summed E-state index contributed by atoms with van der Waals surface area (Å²) >= 11 is 0. The quantitative estimate of drug-likeness (QED) is 0.144. The Labute approximate surface area is 259 Å². The van der Waals surface area contributed by atoms with Gasteiger partial charge in [-0.25, -0.2) is 9.59 Å². The molecule has 43 heavy (non-hydrogen) atoms. The summed E-state index contributed by atoms with van der Waals surface area (Å²) in [6, 6.07) is 0. The van der Waals surface area contributed by atoms with Gasteiger partial charge in [-0.1, -0.05) is 46.3 Å². The first-order valence-electron chi connectivity index (χ1n) is 16.5. The van der Waals surface area contributed by atoms with Crippen LogP contribution in [0.3, 0.4) is 0 Å². The Hall–Kier alpha value is -1.74. The Balaban J connectivity index is 1.48. The van der Waals surface area contributed by atoms with Crippen LogP contribution in [0.1, 0.15) is 111 Å². The van der Waals surface area contributed by atoms with Crippen LogP contribution in [0.4, 0.5) is 0 Å². The summed E-state index contributed by atoms with van der Waals surface area (Å²) in [5, 5.41) is 0. The van der Waals surface area contributed by atoms with E-state index in [0.29, 0.717) is 18.3 Å². The number of ether oxygens (including phenoxy) is 6. The number of hydrogen-bond acceptors (Lipinski definition) is 8. The topological polar surface area (TPSA) is 89.5 Å². The molecular formula is C35H56O8. The number of hydrogen-bond donors (Lipinski definition) is 0. The molecule has 0 aromatic rings. The van der Waals surface area contributed by atoms with Gasteiger partial charge >= 0.3 is 11.9 Å². The first kappa shape index (κ1) is 34.1. The lowest BCUT2D eigenvalue weighted by Gasteiger charge is -2.53. The van der Waals surface area contributed by atoms with Crippen molar-refractivity contribution in [3.63, 3.8) is 0 Å². The fourth-order valence-corrected chi connectivity index (χ4v) is 8.56. The highest BCUT2D eigenvalue weighted by Crippen LogP contribution is 2.53. The molecule has 4 unspecified atom stereocenters. The summed E-state index contributed by atoms with van der Waals surface area (Å²) in [6.45, 7) is 15.5. The van der Waals surface area contributed by atoms with Crippen LogP contribution in [0.25, 0.3) is 0 Å². The van der Waals surface area contributed by atoms with Gasteiger partial charge in [0, 0.05) is 38.2 Å². The first-order chi connectivity index (χ1) is 20.3. The van der Waals surface area contributed by atoms with Crippen molar-refractivity contribution in [2.75, 3.05) is 14.2 Å². The van der Waals surface area contributed by atoms with Crippen molar-refractivity contribution in [2.24, 2.45) is 17.3 Å². The van der Waals surface area contributed by atoms with E-state index in [0.717, 1.165) is 70.6 Å². The Morgan fingerprint density at radius 1 is 0.651 bits per heavy atom. The van der Waals surface area contributed by atoms with E-state index in [2.05, 4.69) is 27.0 Å². The summed E-state index contributed by atoms with van der Waals surface area (Å²) < 4.78 is 37.9. The van der Waals surface area contributed by atoms with Gasteiger partial charge in [0.05, 0.1) is 12.2 Å². The molecule has 4 fully saturated rings. The second kappa shape index (κ2) is 13.7. The molecule has 4 aliphatic carbocycles. The van der Waals surface area contributed by atoms with Crippen LogP contribution in [0.2, 0.25) is 0 Å². The lowest BCUT2D eigenvalue weighted by molar-refractivity contribution is -0.322. The predicted molar refractivity (Wildman–Crippen MR) is 164 cm³/mol. The van der Waals surface area contributed by atoms with Gasteiger partial charge in [0.15, 0.2) is 12.2 Å². The van der Waals surface area contributed by atoms with E-state index < -0.39 is 41.1 Å². The molecule has 0 amide bonds. The molecule has 0 heterocycles. The van der Waals surface area contributed by atoms with Crippen molar-refractivity contribution < 1.29 is 38.0 Å². The molecule has 0 aliphatic heterocycles. The zero-order chi connectivity index (χ0) is 31.5. The zero-order valence-corrected chi connectivity index (χ0v) is 27.5. The highest BCUT2D eigenvalue weighted by atomic mass is 16.7. The number of rotatable bonds is 11. The Bertz CT molecular complexity index is 976. The molecule has 0 aromatic carbocycles. The third-order valence-electron chi connectivity index (χ3n) is 11.1. The standard InChI is InChI=1S/C35H56O8/c1-9-28(36)40-30-32(3,4)20-21-35(30,42-26-14-12-11-13-15-26)43-27-18-16-24(17-19-27)25-22-33(5,38-7)31(41-29(37)10-2)34(6,23-25)39-8/h9-10,24-27,30-31H,1-2,11-23H2,3-8H3. The minimum absolute atomic E-state index is 0.0196. The number of carbonyl (C=O) groups excluding carboxylic acids is 2.